The third-order valence-corrected chi connectivity index (χ3v) is 3.59. The Labute approximate surface area is 137 Å². The van der Waals surface area contributed by atoms with E-state index in [1.165, 1.54) is 11.8 Å². The lowest BCUT2D eigenvalue weighted by Gasteiger charge is -2.00. The molecule has 2 aromatic carbocycles. The average molecular weight is 310 g/mol. The van der Waals surface area contributed by atoms with Gasteiger partial charge in [0.1, 0.15) is 5.82 Å². The molecule has 0 aliphatic heterocycles. The Morgan fingerprint density at radius 1 is 0.826 bits per heavy atom. The molecule has 0 heterocycles. The second-order valence-electron chi connectivity index (χ2n) is 5.59. The third kappa shape index (κ3) is 5.44. The van der Waals surface area contributed by atoms with E-state index in [9.17, 15) is 4.39 Å². The molecular formula is C20H23FN2. The van der Waals surface area contributed by atoms with Crippen LogP contribution in [0.25, 0.3) is 0 Å². The molecule has 0 amide bonds. The van der Waals surface area contributed by atoms with Gasteiger partial charge in [-0.15, -0.1) is 0 Å². The van der Waals surface area contributed by atoms with Crippen LogP contribution in [-0.2, 0) is 12.8 Å². The summed E-state index contributed by atoms with van der Waals surface area (Å²) in [6.45, 7) is 4.24. The highest BCUT2D eigenvalue weighted by atomic mass is 19.1. The molecule has 0 unspecified atom stereocenters. The van der Waals surface area contributed by atoms with E-state index in [-0.39, 0.29) is 5.82 Å². The maximum absolute atomic E-state index is 13.9. The summed E-state index contributed by atoms with van der Waals surface area (Å²) < 4.78 is 13.9. The summed E-state index contributed by atoms with van der Waals surface area (Å²) in [4.78, 5) is 0. The lowest BCUT2D eigenvalue weighted by atomic mass is 10.1. The van der Waals surface area contributed by atoms with Crippen molar-refractivity contribution >= 4 is 12.4 Å². The summed E-state index contributed by atoms with van der Waals surface area (Å²) in [5.74, 6) is -0.251. The number of aryl methyl sites for hydroxylation is 2. The Morgan fingerprint density at radius 2 is 1.43 bits per heavy atom. The average Bonchev–Trinajstić information content (AvgIpc) is 2.55. The molecule has 0 spiro atoms. The van der Waals surface area contributed by atoms with E-state index >= 15 is 0 Å². The van der Waals surface area contributed by atoms with Crippen molar-refractivity contribution in [2.24, 2.45) is 10.2 Å². The molecule has 0 radical (unpaired) electrons. The predicted octanol–water partition coefficient (Wildman–Crippen LogP) is 5.18. The standard InChI is InChI=1S/C20H23FN2/c1-3-5-16-7-9-18(10-8-16)14-22-23-15-19-12-11-17(6-4-2)13-20(19)21/h7-15H,3-6H2,1-2H3. The quantitative estimate of drug-likeness (QED) is 0.497. The van der Waals surface area contributed by atoms with Gasteiger partial charge in [-0.3, -0.25) is 0 Å². The van der Waals surface area contributed by atoms with Gasteiger partial charge in [0.25, 0.3) is 0 Å². The van der Waals surface area contributed by atoms with Gasteiger partial charge in [-0.05, 0) is 35.6 Å². The molecule has 23 heavy (non-hydrogen) atoms. The van der Waals surface area contributed by atoms with E-state index in [1.807, 2.05) is 18.2 Å². The molecule has 120 valence electrons. The highest BCUT2D eigenvalue weighted by Crippen LogP contribution is 2.10. The molecule has 0 aliphatic carbocycles. The number of hydrogen-bond acceptors (Lipinski definition) is 2. The van der Waals surface area contributed by atoms with Gasteiger partial charge in [-0.2, -0.15) is 10.2 Å². The molecule has 0 saturated heterocycles. The highest BCUT2D eigenvalue weighted by molar-refractivity contribution is 5.82. The second-order valence-corrected chi connectivity index (χ2v) is 5.59. The molecule has 0 bridgehead atoms. The molecule has 2 aromatic rings. The topological polar surface area (TPSA) is 24.7 Å². The van der Waals surface area contributed by atoms with Gasteiger partial charge in [-0.25, -0.2) is 4.39 Å². The van der Waals surface area contributed by atoms with Crippen LogP contribution in [0.1, 0.15) is 48.9 Å². The van der Waals surface area contributed by atoms with Crippen LogP contribution in [-0.4, -0.2) is 12.4 Å². The van der Waals surface area contributed by atoms with Crippen LogP contribution >= 0.6 is 0 Å². The van der Waals surface area contributed by atoms with E-state index in [1.54, 1.807) is 18.3 Å². The SMILES string of the molecule is CCCc1ccc(C=NN=Cc2ccc(CCC)cc2F)cc1. The van der Waals surface area contributed by atoms with Crippen LogP contribution in [0, 0.1) is 5.82 Å². The van der Waals surface area contributed by atoms with E-state index in [2.05, 4.69) is 36.2 Å². The lowest BCUT2D eigenvalue weighted by molar-refractivity contribution is 0.623. The summed E-state index contributed by atoms with van der Waals surface area (Å²) in [5.41, 5.74) is 3.78. The lowest BCUT2D eigenvalue weighted by Crippen LogP contribution is -1.91. The van der Waals surface area contributed by atoms with E-state index in [0.29, 0.717) is 5.56 Å². The molecule has 0 aromatic heterocycles. The molecule has 0 aliphatic rings. The third-order valence-electron chi connectivity index (χ3n) is 3.59. The Hall–Kier alpha value is -2.29. The van der Waals surface area contributed by atoms with Crippen LogP contribution in [0.4, 0.5) is 4.39 Å². The fourth-order valence-electron chi connectivity index (χ4n) is 2.37. The Kier molecular flexibility index (Phi) is 6.67. The van der Waals surface area contributed by atoms with Gasteiger partial charge >= 0.3 is 0 Å². The van der Waals surface area contributed by atoms with E-state index in [4.69, 9.17) is 0 Å². The minimum absolute atomic E-state index is 0.251. The van der Waals surface area contributed by atoms with Gasteiger partial charge in [0.2, 0.25) is 0 Å². The minimum atomic E-state index is -0.251. The molecule has 3 heteroatoms. The fraction of sp³-hybridized carbons (Fsp3) is 0.300. The first-order valence-corrected chi connectivity index (χ1v) is 8.16. The maximum Gasteiger partial charge on any atom is 0.132 e. The molecule has 0 saturated carbocycles. The summed E-state index contributed by atoms with van der Waals surface area (Å²) in [7, 11) is 0. The Morgan fingerprint density at radius 3 is 2.09 bits per heavy atom. The summed E-state index contributed by atoms with van der Waals surface area (Å²) in [6.07, 6.45) is 7.25. The predicted molar refractivity (Wildman–Crippen MR) is 96.0 cm³/mol. The smallest absolute Gasteiger partial charge is 0.132 e. The van der Waals surface area contributed by atoms with Crippen molar-refractivity contribution in [1.82, 2.24) is 0 Å². The number of halogens is 1. The Bertz CT molecular complexity index is 673. The summed E-state index contributed by atoms with van der Waals surface area (Å²) in [6, 6.07) is 13.5. The van der Waals surface area contributed by atoms with E-state index < -0.39 is 0 Å². The molecule has 0 fully saturated rings. The van der Waals surface area contributed by atoms with Gasteiger partial charge in [0, 0.05) is 5.56 Å². The van der Waals surface area contributed by atoms with Crippen molar-refractivity contribution in [2.45, 2.75) is 39.5 Å². The zero-order chi connectivity index (χ0) is 16.5. The van der Waals surface area contributed by atoms with Crippen LogP contribution in [0.2, 0.25) is 0 Å². The first-order valence-electron chi connectivity index (χ1n) is 8.16. The van der Waals surface area contributed by atoms with Crippen LogP contribution in [0.15, 0.2) is 52.7 Å². The highest BCUT2D eigenvalue weighted by Gasteiger charge is 2.00. The number of nitrogens with zero attached hydrogens (tertiary/aromatic N) is 2. The fourth-order valence-corrected chi connectivity index (χ4v) is 2.37. The first-order chi connectivity index (χ1) is 11.2. The van der Waals surface area contributed by atoms with E-state index in [0.717, 1.165) is 36.8 Å². The van der Waals surface area contributed by atoms with Crippen molar-refractivity contribution in [3.63, 3.8) is 0 Å². The summed E-state index contributed by atoms with van der Waals surface area (Å²) in [5, 5.41) is 7.93. The van der Waals surface area contributed by atoms with Crippen molar-refractivity contribution < 1.29 is 4.39 Å². The van der Waals surface area contributed by atoms with Crippen LogP contribution in [0.3, 0.4) is 0 Å². The van der Waals surface area contributed by atoms with Crippen molar-refractivity contribution in [2.75, 3.05) is 0 Å². The normalized spacial score (nSPS) is 11.6. The second kappa shape index (κ2) is 8.99. The molecule has 0 N–H and O–H groups in total. The number of hydrogen-bond donors (Lipinski definition) is 0. The Balaban J connectivity index is 1.97. The largest absolute Gasteiger partial charge is 0.206 e. The summed E-state index contributed by atoms with van der Waals surface area (Å²) >= 11 is 0. The first kappa shape index (κ1) is 17.1. The zero-order valence-electron chi connectivity index (χ0n) is 13.8. The number of benzene rings is 2. The van der Waals surface area contributed by atoms with Crippen LogP contribution < -0.4 is 0 Å². The van der Waals surface area contributed by atoms with Crippen molar-refractivity contribution in [3.05, 3.63) is 70.5 Å². The van der Waals surface area contributed by atoms with Crippen LogP contribution in [0.5, 0.6) is 0 Å². The maximum atomic E-state index is 13.9. The zero-order valence-corrected chi connectivity index (χ0v) is 13.8. The molecule has 2 nitrogen and oxygen atoms in total. The van der Waals surface area contributed by atoms with Gasteiger partial charge in [0.05, 0.1) is 12.4 Å². The molecule has 0 atom stereocenters. The number of rotatable bonds is 7. The van der Waals surface area contributed by atoms with Gasteiger partial charge in [0.15, 0.2) is 0 Å². The minimum Gasteiger partial charge on any atom is -0.206 e. The van der Waals surface area contributed by atoms with Crippen molar-refractivity contribution in [1.29, 1.82) is 0 Å². The van der Waals surface area contributed by atoms with Gasteiger partial charge in [-0.1, -0.05) is 63.1 Å². The monoisotopic (exact) mass is 310 g/mol. The molecular weight excluding hydrogens is 287 g/mol. The van der Waals surface area contributed by atoms with Gasteiger partial charge < -0.3 is 0 Å². The van der Waals surface area contributed by atoms with Crippen molar-refractivity contribution in [3.8, 4) is 0 Å². The molecule has 2 rings (SSSR count).